The van der Waals surface area contributed by atoms with Crippen molar-refractivity contribution in [2.45, 2.75) is 19.4 Å². The number of ether oxygens (including phenoxy) is 2. The number of carbonyl (C=O) groups is 3. The molecule has 1 aliphatic rings. The van der Waals surface area contributed by atoms with Crippen LogP contribution >= 0.6 is 0 Å². The number of non-ortho nitro benzene ring substituents is 1. The topological polar surface area (TPSA) is 128 Å². The summed E-state index contributed by atoms with van der Waals surface area (Å²) in [5, 5.41) is 13.7. The maximum absolute atomic E-state index is 12.5. The van der Waals surface area contributed by atoms with Crippen LogP contribution in [0.2, 0.25) is 0 Å². The van der Waals surface area contributed by atoms with Gasteiger partial charge < -0.3 is 19.7 Å². The molecule has 1 N–H and O–H groups in total. The van der Waals surface area contributed by atoms with Gasteiger partial charge in [0.1, 0.15) is 5.75 Å². The average Bonchev–Trinajstić information content (AvgIpc) is 3.18. The van der Waals surface area contributed by atoms with Crippen molar-refractivity contribution in [3.63, 3.8) is 0 Å². The Morgan fingerprint density at radius 2 is 1.97 bits per heavy atom. The molecule has 2 aromatic carbocycles. The van der Waals surface area contributed by atoms with E-state index < -0.39 is 29.3 Å². The van der Waals surface area contributed by atoms with E-state index in [2.05, 4.69) is 5.32 Å². The van der Waals surface area contributed by atoms with E-state index in [0.29, 0.717) is 5.69 Å². The third-order valence-corrected chi connectivity index (χ3v) is 5.15. The van der Waals surface area contributed by atoms with Crippen molar-refractivity contribution in [1.82, 2.24) is 5.32 Å². The summed E-state index contributed by atoms with van der Waals surface area (Å²) in [5.74, 6) is -2.07. The molecule has 0 spiro atoms. The molecule has 2 amide bonds. The van der Waals surface area contributed by atoms with Crippen molar-refractivity contribution in [2.24, 2.45) is 5.92 Å². The van der Waals surface area contributed by atoms with Gasteiger partial charge in [-0.25, -0.2) is 0 Å². The van der Waals surface area contributed by atoms with Crippen molar-refractivity contribution in [3.05, 3.63) is 64.2 Å². The second kappa shape index (κ2) is 9.90. The molecule has 2 aromatic rings. The van der Waals surface area contributed by atoms with Gasteiger partial charge in [-0.2, -0.15) is 0 Å². The molecular weight excluding hydrogens is 418 g/mol. The number of anilines is 1. The molecule has 1 heterocycles. The van der Waals surface area contributed by atoms with E-state index >= 15 is 0 Å². The van der Waals surface area contributed by atoms with Gasteiger partial charge in [0.2, 0.25) is 5.91 Å². The number of hydrogen-bond acceptors (Lipinski definition) is 7. The first-order valence-corrected chi connectivity index (χ1v) is 9.94. The number of hydrogen-bond donors (Lipinski definition) is 1. The van der Waals surface area contributed by atoms with Crippen LogP contribution in [0.25, 0.3) is 0 Å². The van der Waals surface area contributed by atoms with Gasteiger partial charge in [-0.1, -0.05) is 30.3 Å². The first kappa shape index (κ1) is 22.7. The number of rotatable bonds is 8. The Morgan fingerprint density at radius 1 is 1.25 bits per heavy atom. The van der Waals surface area contributed by atoms with Crippen LogP contribution < -0.4 is 15.0 Å². The summed E-state index contributed by atoms with van der Waals surface area (Å²) in [4.78, 5) is 48.7. The Bertz CT molecular complexity index is 1030. The predicted molar refractivity (Wildman–Crippen MR) is 114 cm³/mol. The number of nitro benzene ring substituents is 1. The molecule has 1 fully saturated rings. The summed E-state index contributed by atoms with van der Waals surface area (Å²) >= 11 is 0. The number of carbonyl (C=O) groups excluding carboxylic acids is 3. The van der Waals surface area contributed by atoms with E-state index in [0.717, 1.165) is 5.56 Å². The van der Waals surface area contributed by atoms with E-state index in [1.165, 1.54) is 30.2 Å². The van der Waals surface area contributed by atoms with Gasteiger partial charge in [0, 0.05) is 19.0 Å². The van der Waals surface area contributed by atoms with Gasteiger partial charge in [-0.3, -0.25) is 24.5 Å². The molecule has 1 aliphatic heterocycles. The maximum Gasteiger partial charge on any atom is 0.311 e. The van der Waals surface area contributed by atoms with Gasteiger partial charge in [-0.15, -0.1) is 0 Å². The monoisotopic (exact) mass is 441 g/mol. The van der Waals surface area contributed by atoms with Gasteiger partial charge in [0.25, 0.3) is 11.6 Å². The number of nitrogens with one attached hydrogen (secondary N) is 1. The van der Waals surface area contributed by atoms with Crippen LogP contribution in [0.3, 0.4) is 0 Å². The average molecular weight is 441 g/mol. The number of methoxy groups -OCH3 is 1. The molecule has 168 valence electrons. The minimum Gasteiger partial charge on any atom is -0.494 e. The molecule has 0 saturated carbocycles. The molecule has 1 saturated heterocycles. The summed E-state index contributed by atoms with van der Waals surface area (Å²) in [7, 11) is 1.34. The Morgan fingerprint density at radius 3 is 2.62 bits per heavy atom. The molecule has 3 rings (SSSR count). The van der Waals surface area contributed by atoms with E-state index in [9.17, 15) is 24.5 Å². The number of benzene rings is 2. The molecule has 0 radical (unpaired) electrons. The molecule has 0 aromatic heterocycles. The van der Waals surface area contributed by atoms with Crippen LogP contribution in [-0.4, -0.2) is 43.0 Å². The Kier molecular flexibility index (Phi) is 7.04. The van der Waals surface area contributed by atoms with Crippen molar-refractivity contribution in [2.75, 3.05) is 25.2 Å². The highest BCUT2D eigenvalue weighted by atomic mass is 16.6. The van der Waals surface area contributed by atoms with Crippen LogP contribution in [0.1, 0.15) is 24.9 Å². The van der Waals surface area contributed by atoms with Crippen LogP contribution in [0.4, 0.5) is 11.4 Å². The predicted octanol–water partition coefficient (Wildman–Crippen LogP) is 2.38. The number of nitrogens with zero attached hydrogens (tertiary/aromatic N) is 2. The quantitative estimate of drug-likeness (QED) is 0.378. The Labute approximate surface area is 184 Å². The lowest BCUT2D eigenvalue weighted by Gasteiger charge is -2.19. The number of esters is 1. The van der Waals surface area contributed by atoms with E-state index in [4.69, 9.17) is 9.47 Å². The first-order valence-electron chi connectivity index (χ1n) is 9.94. The molecule has 10 heteroatoms. The highest BCUT2D eigenvalue weighted by Gasteiger charge is 2.37. The van der Waals surface area contributed by atoms with Gasteiger partial charge in [0.15, 0.2) is 6.61 Å². The third kappa shape index (κ3) is 5.20. The second-order valence-electron chi connectivity index (χ2n) is 7.33. The summed E-state index contributed by atoms with van der Waals surface area (Å²) in [6.45, 7) is 1.38. The molecule has 10 nitrogen and oxygen atoms in total. The summed E-state index contributed by atoms with van der Waals surface area (Å²) in [6, 6.07) is 13.0. The minimum absolute atomic E-state index is 0.0217. The summed E-state index contributed by atoms with van der Waals surface area (Å²) < 4.78 is 10.3. The Balaban J connectivity index is 1.57. The zero-order valence-electron chi connectivity index (χ0n) is 17.6. The van der Waals surface area contributed by atoms with Crippen molar-refractivity contribution in [1.29, 1.82) is 0 Å². The third-order valence-electron chi connectivity index (χ3n) is 5.15. The number of amides is 2. The molecule has 2 atom stereocenters. The molecule has 0 unspecified atom stereocenters. The SMILES string of the molecule is COc1cc([N+](=O)[O-])ccc1N1C[C@H](C(=O)OCC(=O)N[C@@H](C)c2ccccc2)CC1=O. The van der Waals surface area contributed by atoms with Crippen LogP contribution in [0, 0.1) is 16.0 Å². The van der Waals surface area contributed by atoms with E-state index in [1.54, 1.807) is 0 Å². The lowest BCUT2D eigenvalue weighted by molar-refractivity contribution is -0.384. The normalized spacial score (nSPS) is 16.4. The van der Waals surface area contributed by atoms with Crippen molar-refractivity contribution < 1.29 is 28.8 Å². The van der Waals surface area contributed by atoms with Gasteiger partial charge >= 0.3 is 5.97 Å². The van der Waals surface area contributed by atoms with Crippen molar-refractivity contribution in [3.8, 4) is 5.75 Å². The van der Waals surface area contributed by atoms with E-state index in [-0.39, 0.29) is 36.4 Å². The maximum atomic E-state index is 12.5. The first-order chi connectivity index (χ1) is 15.3. The van der Waals surface area contributed by atoms with Gasteiger partial charge in [-0.05, 0) is 18.6 Å². The number of nitro groups is 1. The Hall–Kier alpha value is -3.95. The zero-order chi connectivity index (χ0) is 23.3. The molecular formula is C22H23N3O7. The lowest BCUT2D eigenvalue weighted by atomic mass is 10.1. The van der Waals surface area contributed by atoms with Crippen LogP contribution in [0.5, 0.6) is 5.75 Å². The molecule has 0 aliphatic carbocycles. The smallest absolute Gasteiger partial charge is 0.311 e. The standard InChI is InChI=1S/C22H23N3O7/c1-14(15-6-4-3-5-7-15)23-20(26)13-32-22(28)16-10-21(27)24(12-16)18-9-8-17(25(29)30)11-19(18)31-2/h3-9,11,14,16H,10,12-13H2,1-2H3,(H,23,26)/t14-,16+/m0/s1. The van der Waals surface area contributed by atoms with Crippen molar-refractivity contribution >= 4 is 29.2 Å². The fraction of sp³-hybridized carbons (Fsp3) is 0.318. The fourth-order valence-corrected chi connectivity index (χ4v) is 3.46. The minimum atomic E-state index is -0.762. The summed E-state index contributed by atoms with van der Waals surface area (Å²) in [5.41, 5.74) is 1.07. The zero-order valence-corrected chi connectivity index (χ0v) is 17.6. The lowest BCUT2D eigenvalue weighted by Crippen LogP contribution is -2.32. The fourth-order valence-electron chi connectivity index (χ4n) is 3.46. The largest absolute Gasteiger partial charge is 0.494 e. The highest BCUT2D eigenvalue weighted by molar-refractivity contribution is 6.00. The van der Waals surface area contributed by atoms with Gasteiger partial charge in [0.05, 0.1) is 35.7 Å². The molecule has 0 bridgehead atoms. The molecule has 32 heavy (non-hydrogen) atoms. The van der Waals surface area contributed by atoms with E-state index in [1.807, 2.05) is 37.3 Å². The summed E-state index contributed by atoms with van der Waals surface area (Å²) in [6.07, 6.45) is -0.0962. The second-order valence-corrected chi connectivity index (χ2v) is 7.33. The van der Waals surface area contributed by atoms with Crippen LogP contribution in [0.15, 0.2) is 48.5 Å². The highest BCUT2D eigenvalue weighted by Crippen LogP contribution is 2.35. The van der Waals surface area contributed by atoms with Crippen LogP contribution in [-0.2, 0) is 19.1 Å².